The summed E-state index contributed by atoms with van der Waals surface area (Å²) in [5, 5.41) is 2.85. The van der Waals surface area contributed by atoms with Crippen LogP contribution in [0.3, 0.4) is 0 Å². The fraction of sp³-hybridized carbons (Fsp3) is 0.143. The van der Waals surface area contributed by atoms with Gasteiger partial charge in [0.15, 0.2) is 5.82 Å². The molecule has 0 aliphatic rings. The lowest BCUT2D eigenvalue weighted by Gasteiger charge is -2.15. The predicted molar refractivity (Wildman–Crippen MR) is 79.4 cm³/mol. The van der Waals surface area contributed by atoms with Crippen LogP contribution >= 0.6 is 11.6 Å². The van der Waals surface area contributed by atoms with Crippen molar-refractivity contribution in [2.24, 2.45) is 0 Å². The minimum Gasteiger partial charge on any atom is -0.397 e. The van der Waals surface area contributed by atoms with Crippen LogP contribution in [0, 0.1) is 19.7 Å². The van der Waals surface area contributed by atoms with E-state index in [4.69, 9.17) is 23.1 Å². The van der Waals surface area contributed by atoms with Crippen molar-refractivity contribution in [2.45, 2.75) is 13.8 Å². The molecule has 2 aromatic rings. The summed E-state index contributed by atoms with van der Waals surface area (Å²) < 4.78 is 14.1. The highest BCUT2D eigenvalue weighted by Gasteiger charge is 2.15. The molecule has 5 N–H and O–H groups in total. The molecule has 0 amide bonds. The third kappa shape index (κ3) is 2.58. The zero-order valence-corrected chi connectivity index (χ0v) is 11.5. The van der Waals surface area contributed by atoms with Crippen molar-refractivity contribution in [1.82, 2.24) is 0 Å². The number of hydrogen-bond donors (Lipinski definition) is 3. The van der Waals surface area contributed by atoms with E-state index in [2.05, 4.69) is 5.32 Å². The molecule has 2 rings (SSSR count). The summed E-state index contributed by atoms with van der Waals surface area (Å²) in [5.74, 6) is -0.639. The molecule has 2 aromatic carbocycles. The van der Waals surface area contributed by atoms with Gasteiger partial charge in [0, 0.05) is 5.69 Å². The molecule has 0 radical (unpaired) electrons. The molecule has 0 spiro atoms. The number of benzene rings is 2. The van der Waals surface area contributed by atoms with E-state index in [0.717, 1.165) is 16.8 Å². The molecule has 0 aliphatic carbocycles. The first-order valence-corrected chi connectivity index (χ1v) is 6.15. The number of nitrogen functional groups attached to an aromatic ring is 2. The van der Waals surface area contributed by atoms with Gasteiger partial charge in [0.1, 0.15) is 5.02 Å². The van der Waals surface area contributed by atoms with E-state index in [1.165, 1.54) is 6.07 Å². The summed E-state index contributed by atoms with van der Waals surface area (Å²) >= 11 is 5.80. The van der Waals surface area contributed by atoms with Crippen LogP contribution in [0.25, 0.3) is 0 Å². The second-order valence-electron chi connectivity index (χ2n) is 4.50. The number of halogens is 2. The SMILES string of the molecule is Cc1ccc(C)c(Nc2c(N)cc(N)c(Cl)c2F)c1. The van der Waals surface area contributed by atoms with Gasteiger partial charge in [-0.2, -0.15) is 0 Å². The van der Waals surface area contributed by atoms with E-state index in [-0.39, 0.29) is 22.1 Å². The van der Waals surface area contributed by atoms with Crippen LogP contribution in [-0.4, -0.2) is 0 Å². The van der Waals surface area contributed by atoms with Gasteiger partial charge in [-0.3, -0.25) is 0 Å². The average molecular weight is 280 g/mol. The van der Waals surface area contributed by atoms with Crippen LogP contribution in [-0.2, 0) is 0 Å². The predicted octanol–water partition coefficient (Wildman–Crippen LogP) is 4.00. The lowest BCUT2D eigenvalue weighted by molar-refractivity contribution is 0.633. The van der Waals surface area contributed by atoms with Crippen LogP contribution in [0.15, 0.2) is 24.3 Å². The number of hydrogen-bond acceptors (Lipinski definition) is 3. The van der Waals surface area contributed by atoms with Crippen LogP contribution in [0.1, 0.15) is 11.1 Å². The fourth-order valence-electron chi connectivity index (χ4n) is 1.80. The molecule has 0 bridgehead atoms. The van der Waals surface area contributed by atoms with Crippen molar-refractivity contribution in [3.63, 3.8) is 0 Å². The Balaban J connectivity index is 2.49. The maximum atomic E-state index is 14.1. The van der Waals surface area contributed by atoms with Gasteiger partial charge in [-0.05, 0) is 37.1 Å². The largest absolute Gasteiger partial charge is 0.397 e. The van der Waals surface area contributed by atoms with Crippen LogP contribution in [0.2, 0.25) is 5.02 Å². The Morgan fingerprint density at radius 2 is 1.79 bits per heavy atom. The molecule has 0 atom stereocenters. The number of nitrogens with two attached hydrogens (primary N) is 2. The van der Waals surface area contributed by atoms with E-state index in [9.17, 15) is 4.39 Å². The van der Waals surface area contributed by atoms with Gasteiger partial charge in [-0.25, -0.2) is 4.39 Å². The molecule has 19 heavy (non-hydrogen) atoms. The van der Waals surface area contributed by atoms with Crippen molar-refractivity contribution in [1.29, 1.82) is 0 Å². The van der Waals surface area contributed by atoms with Crippen LogP contribution in [0.5, 0.6) is 0 Å². The summed E-state index contributed by atoms with van der Waals surface area (Å²) in [6, 6.07) is 7.29. The topological polar surface area (TPSA) is 64.1 Å². The Bertz CT molecular complexity index is 641. The van der Waals surface area contributed by atoms with Crippen LogP contribution < -0.4 is 16.8 Å². The van der Waals surface area contributed by atoms with Gasteiger partial charge >= 0.3 is 0 Å². The molecular formula is C14H15ClFN3. The highest BCUT2D eigenvalue weighted by atomic mass is 35.5. The number of anilines is 4. The normalized spacial score (nSPS) is 10.5. The van der Waals surface area contributed by atoms with Crippen molar-refractivity contribution in [3.05, 3.63) is 46.2 Å². The quantitative estimate of drug-likeness (QED) is 0.728. The molecule has 5 heteroatoms. The second kappa shape index (κ2) is 4.97. The minimum atomic E-state index is -0.639. The van der Waals surface area contributed by atoms with Crippen molar-refractivity contribution >= 4 is 34.4 Å². The Labute approximate surface area is 116 Å². The monoisotopic (exact) mass is 279 g/mol. The lowest BCUT2D eigenvalue weighted by Crippen LogP contribution is -2.03. The summed E-state index contributed by atoms with van der Waals surface area (Å²) in [4.78, 5) is 0. The highest BCUT2D eigenvalue weighted by Crippen LogP contribution is 2.36. The van der Waals surface area contributed by atoms with Crippen molar-refractivity contribution in [2.75, 3.05) is 16.8 Å². The molecule has 0 aliphatic heterocycles. The molecular weight excluding hydrogens is 265 g/mol. The molecule has 0 heterocycles. The first kappa shape index (κ1) is 13.5. The minimum absolute atomic E-state index is 0.123. The zero-order valence-electron chi connectivity index (χ0n) is 10.7. The number of aryl methyl sites for hydroxylation is 2. The van der Waals surface area contributed by atoms with E-state index < -0.39 is 5.82 Å². The van der Waals surface area contributed by atoms with E-state index in [0.29, 0.717) is 0 Å². The molecule has 0 unspecified atom stereocenters. The van der Waals surface area contributed by atoms with Gasteiger partial charge in [0.05, 0.1) is 17.1 Å². The number of rotatable bonds is 2. The average Bonchev–Trinajstić information content (AvgIpc) is 2.36. The van der Waals surface area contributed by atoms with Crippen molar-refractivity contribution in [3.8, 4) is 0 Å². The third-order valence-electron chi connectivity index (χ3n) is 2.92. The van der Waals surface area contributed by atoms with Crippen LogP contribution in [0.4, 0.5) is 27.1 Å². The van der Waals surface area contributed by atoms with E-state index in [1.807, 2.05) is 32.0 Å². The highest BCUT2D eigenvalue weighted by molar-refractivity contribution is 6.33. The van der Waals surface area contributed by atoms with Gasteiger partial charge in [-0.15, -0.1) is 0 Å². The summed E-state index contributed by atoms with van der Waals surface area (Å²) in [6.07, 6.45) is 0. The fourth-order valence-corrected chi connectivity index (χ4v) is 1.95. The smallest absolute Gasteiger partial charge is 0.169 e. The summed E-state index contributed by atoms with van der Waals surface area (Å²) in [7, 11) is 0. The Morgan fingerprint density at radius 3 is 2.47 bits per heavy atom. The zero-order chi connectivity index (χ0) is 14.2. The van der Waals surface area contributed by atoms with E-state index in [1.54, 1.807) is 0 Å². The van der Waals surface area contributed by atoms with Crippen molar-refractivity contribution < 1.29 is 4.39 Å². The lowest BCUT2D eigenvalue weighted by atomic mass is 10.1. The maximum absolute atomic E-state index is 14.1. The van der Waals surface area contributed by atoms with Gasteiger partial charge < -0.3 is 16.8 Å². The van der Waals surface area contributed by atoms with Gasteiger partial charge in [0.2, 0.25) is 0 Å². The molecule has 0 saturated carbocycles. The Kier molecular flexibility index (Phi) is 3.53. The molecule has 100 valence electrons. The molecule has 0 fully saturated rings. The summed E-state index contributed by atoms with van der Waals surface area (Å²) in [6.45, 7) is 3.88. The standard InChI is InChI=1S/C14H15ClFN3/c1-7-3-4-8(2)11(5-7)19-14-10(18)6-9(17)12(15)13(14)16/h3-6,19H,17-18H2,1-2H3. The van der Waals surface area contributed by atoms with Gasteiger partial charge in [-0.1, -0.05) is 23.7 Å². The van der Waals surface area contributed by atoms with E-state index >= 15 is 0 Å². The summed E-state index contributed by atoms with van der Waals surface area (Å²) in [5.41, 5.74) is 14.7. The van der Waals surface area contributed by atoms with Gasteiger partial charge in [0.25, 0.3) is 0 Å². The first-order valence-electron chi connectivity index (χ1n) is 5.77. The molecule has 0 saturated heterocycles. The first-order chi connectivity index (χ1) is 8.90. The second-order valence-corrected chi connectivity index (χ2v) is 4.88. The third-order valence-corrected chi connectivity index (χ3v) is 3.30. The maximum Gasteiger partial charge on any atom is 0.169 e. The number of nitrogens with one attached hydrogen (secondary N) is 1. The molecule has 3 nitrogen and oxygen atoms in total. The Morgan fingerprint density at radius 1 is 1.11 bits per heavy atom. The molecule has 0 aromatic heterocycles. The Hall–Kier alpha value is -1.94.